The van der Waals surface area contributed by atoms with E-state index in [0.29, 0.717) is 29.8 Å². The molecule has 0 spiro atoms. The van der Waals surface area contributed by atoms with E-state index in [1.165, 1.54) is 17.0 Å². The zero-order chi connectivity index (χ0) is 18.6. The van der Waals surface area contributed by atoms with Crippen LogP contribution in [-0.4, -0.2) is 36.5 Å². The number of amides is 3. The van der Waals surface area contributed by atoms with Crippen LogP contribution < -0.4 is 10.6 Å². The molecule has 1 aromatic heterocycles. The second-order valence-corrected chi connectivity index (χ2v) is 5.87. The number of aryl methyl sites for hydroxylation is 1. The Labute approximate surface area is 146 Å². The standard InChI is InChI=1S/C18H24FN3O3/c1-5-20-16(23)10-22(6-2)18(24)21-12(4)17-11(3)14-9-13(19)7-8-15(14)25-17/h7-9,12H,5-6,10H2,1-4H3,(H,20,23)(H,21,24)/t12-/m0/s1. The molecule has 1 heterocycles. The SMILES string of the molecule is CCNC(=O)CN(CC)C(=O)N[C@@H](C)c1oc2ccc(F)cc2c1C. The maximum atomic E-state index is 13.4. The highest BCUT2D eigenvalue weighted by Gasteiger charge is 2.22. The maximum Gasteiger partial charge on any atom is 0.318 e. The van der Waals surface area contributed by atoms with Crippen LogP contribution in [0.1, 0.15) is 38.1 Å². The van der Waals surface area contributed by atoms with E-state index in [1.807, 2.05) is 13.8 Å². The smallest absolute Gasteiger partial charge is 0.318 e. The van der Waals surface area contributed by atoms with Crippen molar-refractivity contribution in [3.63, 3.8) is 0 Å². The number of furan rings is 1. The molecule has 25 heavy (non-hydrogen) atoms. The van der Waals surface area contributed by atoms with Crippen LogP contribution >= 0.6 is 0 Å². The van der Waals surface area contributed by atoms with Gasteiger partial charge >= 0.3 is 6.03 Å². The van der Waals surface area contributed by atoms with E-state index in [-0.39, 0.29) is 24.3 Å². The van der Waals surface area contributed by atoms with Gasteiger partial charge in [0.2, 0.25) is 5.91 Å². The molecule has 136 valence electrons. The first-order chi connectivity index (χ1) is 11.9. The number of hydrogen-bond acceptors (Lipinski definition) is 3. The summed E-state index contributed by atoms with van der Waals surface area (Å²) >= 11 is 0. The van der Waals surface area contributed by atoms with Gasteiger partial charge in [-0.05, 0) is 45.9 Å². The van der Waals surface area contributed by atoms with Crippen molar-refractivity contribution in [1.82, 2.24) is 15.5 Å². The Morgan fingerprint density at radius 1 is 1.32 bits per heavy atom. The van der Waals surface area contributed by atoms with E-state index in [1.54, 1.807) is 19.9 Å². The normalized spacial score (nSPS) is 12.0. The first-order valence-electron chi connectivity index (χ1n) is 8.38. The lowest BCUT2D eigenvalue weighted by molar-refractivity contribution is -0.121. The Morgan fingerprint density at radius 3 is 2.68 bits per heavy atom. The maximum absolute atomic E-state index is 13.4. The van der Waals surface area contributed by atoms with Crippen LogP contribution in [0.5, 0.6) is 0 Å². The second-order valence-electron chi connectivity index (χ2n) is 5.87. The van der Waals surface area contributed by atoms with Crippen molar-refractivity contribution in [2.75, 3.05) is 19.6 Å². The Kier molecular flexibility index (Phi) is 6.01. The van der Waals surface area contributed by atoms with E-state index < -0.39 is 6.04 Å². The molecule has 0 aliphatic heterocycles. The Bertz CT molecular complexity index is 772. The van der Waals surface area contributed by atoms with Crippen molar-refractivity contribution in [1.29, 1.82) is 0 Å². The summed E-state index contributed by atoms with van der Waals surface area (Å²) in [5.74, 6) is 0.0318. The van der Waals surface area contributed by atoms with Gasteiger partial charge in [0.15, 0.2) is 0 Å². The molecule has 2 N–H and O–H groups in total. The average Bonchev–Trinajstić information content (AvgIpc) is 2.89. The molecule has 7 heteroatoms. The molecule has 2 rings (SSSR count). The van der Waals surface area contributed by atoms with Gasteiger partial charge in [-0.3, -0.25) is 4.79 Å². The van der Waals surface area contributed by atoms with Gasteiger partial charge in [-0.15, -0.1) is 0 Å². The quantitative estimate of drug-likeness (QED) is 0.841. The largest absolute Gasteiger partial charge is 0.459 e. The minimum Gasteiger partial charge on any atom is -0.459 e. The molecule has 0 fully saturated rings. The van der Waals surface area contributed by atoms with Crippen LogP contribution in [0, 0.1) is 12.7 Å². The fourth-order valence-electron chi connectivity index (χ4n) is 2.72. The molecule has 1 aromatic carbocycles. The molecule has 6 nitrogen and oxygen atoms in total. The van der Waals surface area contributed by atoms with Crippen LogP contribution in [0.3, 0.4) is 0 Å². The highest BCUT2D eigenvalue weighted by molar-refractivity contribution is 5.85. The molecular weight excluding hydrogens is 325 g/mol. The number of likely N-dealkylation sites (N-methyl/N-ethyl adjacent to an activating group) is 2. The van der Waals surface area contributed by atoms with Crippen LogP contribution in [0.15, 0.2) is 22.6 Å². The van der Waals surface area contributed by atoms with Gasteiger partial charge in [0, 0.05) is 24.0 Å². The summed E-state index contributed by atoms with van der Waals surface area (Å²) in [5, 5.41) is 6.18. The lowest BCUT2D eigenvalue weighted by Crippen LogP contribution is -2.46. The molecule has 0 bridgehead atoms. The monoisotopic (exact) mass is 349 g/mol. The summed E-state index contributed by atoms with van der Waals surface area (Å²) < 4.78 is 19.2. The van der Waals surface area contributed by atoms with Crippen molar-refractivity contribution in [3.05, 3.63) is 35.3 Å². The number of benzene rings is 1. The zero-order valence-corrected chi connectivity index (χ0v) is 15.0. The Morgan fingerprint density at radius 2 is 2.04 bits per heavy atom. The molecular formula is C18H24FN3O3. The van der Waals surface area contributed by atoms with Gasteiger partial charge in [0.25, 0.3) is 0 Å². The highest BCUT2D eigenvalue weighted by atomic mass is 19.1. The minimum absolute atomic E-state index is 0.00673. The molecule has 3 amide bonds. The van der Waals surface area contributed by atoms with Crippen LogP contribution in [0.2, 0.25) is 0 Å². The van der Waals surface area contributed by atoms with Crippen LogP contribution in [0.4, 0.5) is 9.18 Å². The number of urea groups is 1. The topological polar surface area (TPSA) is 74.6 Å². The van der Waals surface area contributed by atoms with Crippen molar-refractivity contribution < 1.29 is 18.4 Å². The zero-order valence-electron chi connectivity index (χ0n) is 15.0. The van der Waals surface area contributed by atoms with Crippen LogP contribution in [-0.2, 0) is 4.79 Å². The van der Waals surface area contributed by atoms with Gasteiger partial charge in [-0.1, -0.05) is 0 Å². The molecule has 0 aliphatic rings. The molecule has 0 aliphatic carbocycles. The second kappa shape index (κ2) is 8.00. The van der Waals surface area contributed by atoms with Gasteiger partial charge in [-0.2, -0.15) is 0 Å². The van der Waals surface area contributed by atoms with Crippen LogP contribution in [0.25, 0.3) is 11.0 Å². The predicted molar refractivity (Wildman–Crippen MR) is 93.8 cm³/mol. The third-order valence-corrected chi connectivity index (χ3v) is 4.05. The van der Waals surface area contributed by atoms with Gasteiger partial charge in [0.05, 0.1) is 6.04 Å². The number of carbonyl (C=O) groups is 2. The lowest BCUT2D eigenvalue weighted by atomic mass is 10.1. The number of nitrogens with zero attached hydrogens (tertiary/aromatic N) is 1. The fourth-order valence-corrected chi connectivity index (χ4v) is 2.72. The third-order valence-electron chi connectivity index (χ3n) is 4.05. The Balaban J connectivity index is 2.12. The van der Waals surface area contributed by atoms with Gasteiger partial charge in [0.1, 0.15) is 23.7 Å². The summed E-state index contributed by atoms with van der Waals surface area (Å²) in [5.41, 5.74) is 1.36. The van der Waals surface area contributed by atoms with E-state index in [0.717, 1.165) is 5.56 Å². The fraction of sp³-hybridized carbons (Fsp3) is 0.444. The average molecular weight is 349 g/mol. The number of rotatable bonds is 6. The Hall–Kier alpha value is -2.57. The summed E-state index contributed by atoms with van der Waals surface area (Å²) in [6, 6.07) is 3.56. The molecule has 0 saturated heterocycles. The molecule has 2 aromatic rings. The summed E-state index contributed by atoms with van der Waals surface area (Å²) in [6.07, 6.45) is 0. The van der Waals surface area contributed by atoms with E-state index in [9.17, 15) is 14.0 Å². The van der Waals surface area contributed by atoms with Crippen molar-refractivity contribution in [3.8, 4) is 0 Å². The number of carbonyl (C=O) groups excluding carboxylic acids is 2. The van der Waals surface area contributed by atoms with Gasteiger partial charge < -0.3 is 20.0 Å². The molecule has 1 atom stereocenters. The third kappa shape index (κ3) is 4.29. The van der Waals surface area contributed by atoms with Crippen molar-refractivity contribution in [2.24, 2.45) is 0 Å². The summed E-state index contributed by atoms with van der Waals surface area (Å²) in [6.45, 7) is 8.16. The molecule has 0 unspecified atom stereocenters. The lowest BCUT2D eigenvalue weighted by Gasteiger charge is -2.23. The van der Waals surface area contributed by atoms with Crippen molar-refractivity contribution >= 4 is 22.9 Å². The predicted octanol–water partition coefficient (Wildman–Crippen LogP) is 3.11. The van der Waals surface area contributed by atoms with Crippen molar-refractivity contribution in [2.45, 2.75) is 33.7 Å². The first-order valence-corrected chi connectivity index (χ1v) is 8.38. The van der Waals surface area contributed by atoms with E-state index in [4.69, 9.17) is 4.42 Å². The highest BCUT2D eigenvalue weighted by Crippen LogP contribution is 2.29. The number of halogens is 1. The van der Waals surface area contributed by atoms with Gasteiger partial charge in [-0.25, -0.2) is 9.18 Å². The molecule has 0 radical (unpaired) electrons. The minimum atomic E-state index is -0.411. The summed E-state index contributed by atoms with van der Waals surface area (Å²) in [4.78, 5) is 25.5. The first kappa shape index (κ1) is 18.8. The number of fused-ring (bicyclic) bond motifs is 1. The van der Waals surface area contributed by atoms with E-state index >= 15 is 0 Å². The molecule has 0 saturated carbocycles. The summed E-state index contributed by atoms with van der Waals surface area (Å²) in [7, 11) is 0. The number of nitrogens with one attached hydrogen (secondary N) is 2. The number of hydrogen-bond donors (Lipinski definition) is 2. The van der Waals surface area contributed by atoms with E-state index in [2.05, 4.69) is 10.6 Å².